The van der Waals surface area contributed by atoms with Gasteiger partial charge in [-0.15, -0.1) is 0 Å². The minimum atomic E-state index is 0.802. The molecular formula is C14H23N3. The van der Waals surface area contributed by atoms with E-state index in [0.717, 1.165) is 31.4 Å². The van der Waals surface area contributed by atoms with E-state index >= 15 is 0 Å². The van der Waals surface area contributed by atoms with Crippen LogP contribution in [0.25, 0.3) is 0 Å². The summed E-state index contributed by atoms with van der Waals surface area (Å²) >= 11 is 0. The van der Waals surface area contributed by atoms with E-state index in [1.165, 1.54) is 18.4 Å². The highest BCUT2D eigenvalue weighted by atomic mass is 15.2. The maximum absolute atomic E-state index is 5.82. The number of hydrogen-bond acceptors (Lipinski definition) is 3. The average molecular weight is 233 g/mol. The fraction of sp³-hybridized carbons (Fsp3) is 0.571. The van der Waals surface area contributed by atoms with Crippen LogP contribution in [0.3, 0.4) is 0 Å². The highest BCUT2D eigenvalue weighted by Gasteiger charge is 2.28. The van der Waals surface area contributed by atoms with Gasteiger partial charge in [-0.25, -0.2) is 0 Å². The molecule has 0 aromatic heterocycles. The summed E-state index contributed by atoms with van der Waals surface area (Å²) < 4.78 is 0. The standard InChI is InChI=1S/C14H23N3/c1-16(2)8-9-17(14-6-7-14)11-12-4-3-5-13(15)10-12/h3-5,10,14H,6-9,11,15H2,1-2H3. The first-order valence-corrected chi connectivity index (χ1v) is 6.38. The van der Waals surface area contributed by atoms with Crippen molar-refractivity contribution in [1.29, 1.82) is 0 Å². The Morgan fingerprint density at radius 1 is 1.24 bits per heavy atom. The number of hydrogen-bond donors (Lipinski definition) is 1. The van der Waals surface area contributed by atoms with Crippen LogP contribution in [0.2, 0.25) is 0 Å². The van der Waals surface area contributed by atoms with Gasteiger partial charge in [0.05, 0.1) is 0 Å². The van der Waals surface area contributed by atoms with Crippen molar-refractivity contribution >= 4 is 5.69 Å². The molecule has 94 valence electrons. The van der Waals surface area contributed by atoms with E-state index in [0.29, 0.717) is 0 Å². The molecule has 0 spiro atoms. The molecule has 1 fully saturated rings. The number of nitrogens with two attached hydrogens (primary N) is 1. The van der Waals surface area contributed by atoms with Crippen molar-refractivity contribution in [2.24, 2.45) is 0 Å². The normalized spacial score (nSPS) is 15.8. The van der Waals surface area contributed by atoms with E-state index in [2.05, 4.69) is 36.0 Å². The zero-order valence-electron chi connectivity index (χ0n) is 10.9. The Morgan fingerprint density at radius 3 is 2.59 bits per heavy atom. The molecule has 0 bridgehead atoms. The van der Waals surface area contributed by atoms with Crippen LogP contribution < -0.4 is 5.73 Å². The van der Waals surface area contributed by atoms with E-state index in [4.69, 9.17) is 5.73 Å². The zero-order chi connectivity index (χ0) is 12.3. The predicted molar refractivity (Wildman–Crippen MR) is 72.8 cm³/mol. The quantitative estimate of drug-likeness (QED) is 0.760. The van der Waals surface area contributed by atoms with Crippen LogP contribution in [0, 0.1) is 0 Å². The number of nitrogens with zero attached hydrogens (tertiary/aromatic N) is 2. The molecule has 1 aromatic rings. The van der Waals surface area contributed by atoms with Gasteiger partial charge >= 0.3 is 0 Å². The van der Waals surface area contributed by atoms with Crippen molar-refractivity contribution in [2.45, 2.75) is 25.4 Å². The van der Waals surface area contributed by atoms with Gasteiger partial charge < -0.3 is 10.6 Å². The molecule has 0 atom stereocenters. The molecule has 0 radical (unpaired) electrons. The minimum absolute atomic E-state index is 0.802. The average Bonchev–Trinajstić information content (AvgIpc) is 3.07. The summed E-state index contributed by atoms with van der Waals surface area (Å²) in [6.07, 6.45) is 2.71. The Hall–Kier alpha value is -1.06. The lowest BCUT2D eigenvalue weighted by molar-refractivity contribution is 0.225. The molecular weight excluding hydrogens is 210 g/mol. The Kier molecular flexibility index (Phi) is 4.02. The Labute approximate surface area is 104 Å². The molecule has 1 aliphatic rings. The zero-order valence-corrected chi connectivity index (χ0v) is 10.9. The number of likely N-dealkylation sites (N-methyl/N-ethyl adjacent to an activating group) is 1. The summed E-state index contributed by atoms with van der Waals surface area (Å²) in [5.74, 6) is 0. The SMILES string of the molecule is CN(C)CCN(Cc1cccc(N)c1)C1CC1. The van der Waals surface area contributed by atoms with Crippen LogP contribution in [0.4, 0.5) is 5.69 Å². The molecule has 17 heavy (non-hydrogen) atoms. The van der Waals surface area contributed by atoms with Crippen molar-refractivity contribution < 1.29 is 0 Å². The molecule has 1 aliphatic carbocycles. The summed E-state index contributed by atoms with van der Waals surface area (Å²) in [4.78, 5) is 4.82. The molecule has 0 aliphatic heterocycles. The Morgan fingerprint density at radius 2 is 2.00 bits per heavy atom. The fourth-order valence-corrected chi connectivity index (χ4v) is 2.08. The molecule has 0 amide bonds. The van der Waals surface area contributed by atoms with E-state index in [9.17, 15) is 0 Å². The molecule has 2 N–H and O–H groups in total. The molecule has 3 nitrogen and oxygen atoms in total. The van der Waals surface area contributed by atoms with Gasteiger partial charge in [-0.2, -0.15) is 0 Å². The molecule has 2 rings (SSSR count). The Balaban J connectivity index is 1.93. The second-order valence-electron chi connectivity index (χ2n) is 5.25. The van der Waals surface area contributed by atoms with E-state index in [1.54, 1.807) is 0 Å². The number of benzene rings is 1. The van der Waals surface area contributed by atoms with Crippen molar-refractivity contribution in [3.8, 4) is 0 Å². The molecule has 3 heteroatoms. The largest absolute Gasteiger partial charge is 0.399 e. The molecule has 1 saturated carbocycles. The second kappa shape index (κ2) is 5.52. The summed E-state index contributed by atoms with van der Waals surface area (Å²) in [6.45, 7) is 3.30. The van der Waals surface area contributed by atoms with Gasteiger partial charge in [-0.1, -0.05) is 12.1 Å². The third-order valence-electron chi connectivity index (χ3n) is 3.23. The number of rotatable bonds is 6. The van der Waals surface area contributed by atoms with Gasteiger partial charge in [0, 0.05) is 31.4 Å². The molecule has 0 saturated heterocycles. The van der Waals surface area contributed by atoms with Crippen molar-refractivity contribution in [1.82, 2.24) is 9.80 Å². The number of nitrogen functional groups attached to an aromatic ring is 1. The van der Waals surface area contributed by atoms with Gasteiger partial charge in [0.25, 0.3) is 0 Å². The topological polar surface area (TPSA) is 32.5 Å². The predicted octanol–water partition coefficient (Wildman–Crippen LogP) is 1.79. The van der Waals surface area contributed by atoms with Crippen LogP contribution in [0.5, 0.6) is 0 Å². The van der Waals surface area contributed by atoms with Crippen LogP contribution in [-0.2, 0) is 6.54 Å². The Bertz CT molecular complexity index is 358. The lowest BCUT2D eigenvalue weighted by Gasteiger charge is -2.24. The van der Waals surface area contributed by atoms with Gasteiger partial charge in [-0.05, 0) is 44.6 Å². The van der Waals surface area contributed by atoms with E-state index in [1.807, 2.05) is 12.1 Å². The van der Waals surface area contributed by atoms with Crippen LogP contribution in [0.1, 0.15) is 18.4 Å². The maximum atomic E-state index is 5.82. The summed E-state index contributed by atoms with van der Waals surface area (Å²) in [6, 6.07) is 9.05. The fourth-order valence-electron chi connectivity index (χ4n) is 2.08. The maximum Gasteiger partial charge on any atom is 0.0317 e. The molecule has 0 heterocycles. The van der Waals surface area contributed by atoms with Crippen LogP contribution >= 0.6 is 0 Å². The first-order valence-electron chi connectivity index (χ1n) is 6.38. The minimum Gasteiger partial charge on any atom is -0.399 e. The monoisotopic (exact) mass is 233 g/mol. The molecule has 0 unspecified atom stereocenters. The third kappa shape index (κ3) is 4.02. The van der Waals surface area contributed by atoms with Gasteiger partial charge in [0.2, 0.25) is 0 Å². The first kappa shape index (κ1) is 12.4. The summed E-state index contributed by atoms with van der Waals surface area (Å²) in [5.41, 5.74) is 8.02. The van der Waals surface area contributed by atoms with Gasteiger partial charge in [-0.3, -0.25) is 4.90 Å². The van der Waals surface area contributed by atoms with Crippen LogP contribution in [0.15, 0.2) is 24.3 Å². The van der Waals surface area contributed by atoms with Crippen LogP contribution in [-0.4, -0.2) is 43.0 Å². The van der Waals surface area contributed by atoms with Gasteiger partial charge in [0.15, 0.2) is 0 Å². The lowest BCUT2D eigenvalue weighted by Crippen LogP contribution is -2.33. The highest BCUT2D eigenvalue weighted by molar-refractivity contribution is 5.40. The van der Waals surface area contributed by atoms with E-state index < -0.39 is 0 Å². The highest BCUT2D eigenvalue weighted by Crippen LogP contribution is 2.28. The van der Waals surface area contributed by atoms with Gasteiger partial charge in [0.1, 0.15) is 0 Å². The third-order valence-corrected chi connectivity index (χ3v) is 3.23. The first-order chi connectivity index (χ1) is 8.15. The summed E-state index contributed by atoms with van der Waals surface area (Å²) in [5, 5.41) is 0. The van der Waals surface area contributed by atoms with Crippen molar-refractivity contribution in [3.63, 3.8) is 0 Å². The van der Waals surface area contributed by atoms with Crippen molar-refractivity contribution in [3.05, 3.63) is 29.8 Å². The summed E-state index contributed by atoms with van der Waals surface area (Å²) in [7, 11) is 4.26. The lowest BCUT2D eigenvalue weighted by atomic mass is 10.2. The smallest absolute Gasteiger partial charge is 0.0317 e. The van der Waals surface area contributed by atoms with Crippen molar-refractivity contribution in [2.75, 3.05) is 32.9 Å². The van der Waals surface area contributed by atoms with E-state index in [-0.39, 0.29) is 0 Å². The molecule has 1 aromatic carbocycles. The second-order valence-corrected chi connectivity index (χ2v) is 5.25. The number of anilines is 1.